The van der Waals surface area contributed by atoms with E-state index in [1.165, 1.54) is 12.5 Å². The second kappa shape index (κ2) is 11.2. The molecule has 1 saturated heterocycles. The lowest BCUT2D eigenvalue weighted by molar-refractivity contribution is -0.131. The van der Waals surface area contributed by atoms with Gasteiger partial charge in [-0.2, -0.15) is 4.98 Å². The second-order valence-electron chi connectivity index (χ2n) is 11.4. The van der Waals surface area contributed by atoms with Crippen LogP contribution in [0.4, 0.5) is 10.4 Å². The quantitative estimate of drug-likeness (QED) is 0.358. The first-order chi connectivity index (χ1) is 18.9. The van der Waals surface area contributed by atoms with Gasteiger partial charge < -0.3 is 19.1 Å². The van der Waals surface area contributed by atoms with Crippen molar-refractivity contribution in [2.24, 2.45) is 17.8 Å². The first-order valence-corrected chi connectivity index (χ1v) is 15.0. The van der Waals surface area contributed by atoms with Gasteiger partial charge in [-0.1, -0.05) is 25.1 Å². The number of thiazole rings is 1. The molecule has 3 aromatic rings. The summed E-state index contributed by atoms with van der Waals surface area (Å²) in [5.74, 6) is 3.31. The zero-order valence-electron chi connectivity index (χ0n) is 22.6. The molecule has 1 aliphatic carbocycles. The molecule has 0 unspecified atom stereocenters. The van der Waals surface area contributed by atoms with E-state index in [0.29, 0.717) is 42.9 Å². The highest BCUT2D eigenvalue weighted by atomic mass is 32.1. The maximum atomic E-state index is 14.8. The normalized spacial score (nSPS) is 21.3. The summed E-state index contributed by atoms with van der Waals surface area (Å²) in [5, 5.41) is 4.09. The number of benzene rings is 1. The minimum absolute atomic E-state index is 0.0513. The molecule has 2 aliphatic heterocycles. The number of anilines is 1. The molecule has 2 atom stereocenters. The molecule has 0 radical (unpaired) electrons. The molecule has 8 nitrogen and oxygen atoms in total. The third-order valence-electron chi connectivity index (χ3n) is 8.49. The maximum absolute atomic E-state index is 14.8. The summed E-state index contributed by atoms with van der Waals surface area (Å²) in [6.07, 6.45) is 5.36. The summed E-state index contributed by atoms with van der Waals surface area (Å²) in [5.41, 5.74) is 3.32. The van der Waals surface area contributed by atoms with Crippen LogP contribution in [0.3, 0.4) is 0 Å². The third kappa shape index (κ3) is 5.95. The third-order valence-corrected chi connectivity index (χ3v) is 9.36. The Morgan fingerprint density at radius 3 is 2.87 bits per heavy atom. The van der Waals surface area contributed by atoms with Crippen molar-refractivity contribution in [3.8, 4) is 5.75 Å². The Morgan fingerprint density at radius 2 is 2.10 bits per heavy atom. The predicted octanol–water partition coefficient (Wildman–Crippen LogP) is 5.24. The number of carbonyl (C=O) groups excluding carboxylic acids is 1. The number of fused-ring (bicyclic) bond motifs is 1. The van der Waals surface area contributed by atoms with Crippen LogP contribution in [0.2, 0.25) is 0 Å². The number of aromatic nitrogens is 3. The molecule has 208 valence electrons. The van der Waals surface area contributed by atoms with E-state index in [0.717, 1.165) is 67.0 Å². The van der Waals surface area contributed by atoms with E-state index in [1.807, 2.05) is 5.51 Å². The lowest BCUT2D eigenvalue weighted by Gasteiger charge is -2.30. The van der Waals surface area contributed by atoms with E-state index < -0.39 is 0 Å². The Balaban J connectivity index is 0.916. The fraction of sp³-hybridized carbons (Fsp3) is 0.586. The second-order valence-corrected chi connectivity index (χ2v) is 12.4. The highest BCUT2D eigenvalue weighted by Crippen LogP contribution is 2.50. The molecule has 3 aliphatic rings. The van der Waals surface area contributed by atoms with Crippen molar-refractivity contribution in [3.63, 3.8) is 0 Å². The van der Waals surface area contributed by atoms with Crippen LogP contribution >= 0.6 is 11.3 Å². The molecule has 0 N–H and O–H groups in total. The Hall–Kier alpha value is -3.01. The fourth-order valence-corrected chi connectivity index (χ4v) is 6.81. The molecule has 6 rings (SSSR count). The average Bonchev–Trinajstić information content (AvgIpc) is 3.31. The van der Waals surface area contributed by atoms with Crippen LogP contribution in [0.5, 0.6) is 5.75 Å². The number of hydrogen-bond acceptors (Lipinski definition) is 8. The lowest BCUT2D eigenvalue weighted by atomic mass is 9.90. The summed E-state index contributed by atoms with van der Waals surface area (Å²) in [6, 6.07) is 5.54. The number of ether oxygens (including phenoxy) is 1. The standard InChI is InChI=1S/C29H36FN5O3S/c1-18(2)28-32-29(38-33-28)34-9-5-19(6-10-34)23-13-20(23)8-12-37-22-4-3-21(24(30)15-22)14-27(36)35-11-7-25-26(16-35)39-17-31-25/h3-4,15,17-20,23H,5-14,16H2,1-2H3/t20-,23-/m1/s1. The molecule has 1 amide bonds. The molecular formula is C29H36FN5O3S. The van der Waals surface area contributed by atoms with Gasteiger partial charge in [-0.3, -0.25) is 4.79 Å². The van der Waals surface area contributed by atoms with Gasteiger partial charge in [0.05, 0.1) is 30.8 Å². The van der Waals surface area contributed by atoms with Gasteiger partial charge in [-0.15, -0.1) is 11.3 Å². The molecule has 2 fully saturated rings. The molecule has 10 heteroatoms. The van der Waals surface area contributed by atoms with Crippen LogP contribution < -0.4 is 9.64 Å². The summed E-state index contributed by atoms with van der Waals surface area (Å²) in [4.78, 5) is 26.8. The topological polar surface area (TPSA) is 84.6 Å². The lowest BCUT2D eigenvalue weighted by Crippen LogP contribution is -2.36. The fourth-order valence-electron chi connectivity index (χ4n) is 5.98. The minimum Gasteiger partial charge on any atom is -0.493 e. The van der Waals surface area contributed by atoms with Crippen molar-refractivity contribution < 1.29 is 18.4 Å². The van der Waals surface area contributed by atoms with Gasteiger partial charge in [0.15, 0.2) is 5.82 Å². The van der Waals surface area contributed by atoms with Crippen molar-refractivity contribution in [1.82, 2.24) is 20.0 Å². The van der Waals surface area contributed by atoms with Gasteiger partial charge in [-0.25, -0.2) is 9.37 Å². The van der Waals surface area contributed by atoms with Gasteiger partial charge in [0.25, 0.3) is 0 Å². The van der Waals surface area contributed by atoms with Gasteiger partial charge in [0.2, 0.25) is 5.91 Å². The summed E-state index contributed by atoms with van der Waals surface area (Å²) >= 11 is 1.58. The van der Waals surface area contributed by atoms with E-state index in [9.17, 15) is 9.18 Å². The van der Waals surface area contributed by atoms with Crippen molar-refractivity contribution in [1.29, 1.82) is 0 Å². The molecule has 1 saturated carbocycles. The smallest absolute Gasteiger partial charge is 0.324 e. The van der Waals surface area contributed by atoms with E-state index in [1.54, 1.807) is 28.4 Å². The van der Waals surface area contributed by atoms with Crippen LogP contribution in [0.1, 0.15) is 67.4 Å². The number of piperidine rings is 1. The monoisotopic (exact) mass is 553 g/mol. The molecule has 0 spiro atoms. The Labute approximate surface area is 232 Å². The van der Waals surface area contributed by atoms with E-state index in [-0.39, 0.29) is 24.1 Å². The van der Waals surface area contributed by atoms with E-state index in [4.69, 9.17) is 9.26 Å². The molecule has 39 heavy (non-hydrogen) atoms. The van der Waals surface area contributed by atoms with Gasteiger partial charge in [0.1, 0.15) is 11.6 Å². The molecule has 1 aromatic carbocycles. The first kappa shape index (κ1) is 26.2. The predicted molar refractivity (Wildman–Crippen MR) is 146 cm³/mol. The van der Waals surface area contributed by atoms with Crippen molar-refractivity contribution in [3.05, 3.63) is 51.5 Å². The van der Waals surface area contributed by atoms with Crippen LogP contribution in [-0.4, -0.2) is 52.2 Å². The number of halogens is 1. The average molecular weight is 554 g/mol. The highest BCUT2D eigenvalue weighted by molar-refractivity contribution is 7.09. The van der Waals surface area contributed by atoms with Crippen LogP contribution in [0, 0.1) is 23.6 Å². The Bertz CT molecular complexity index is 1300. The van der Waals surface area contributed by atoms with E-state index >= 15 is 0 Å². The maximum Gasteiger partial charge on any atom is 0.324 e. The molecule has 2 aromatic heterocycles. The first-order valence-electron chi connectivity index (χ1n) is 14.1. The van der Waals surface area contributed by atoms with Gasteiger partial charge in [0, 0.05) is 42.9 Å². The Morgan fingerprint density at radius 1 is 1.26 bits per heavy atom. The molecule has 0 bridgehead atoms. The summed E-state index contributed by atoms with van der Waals surface area (Å²) in [6.45, 7) is 7.85. The van der Waals surface area contributed by atoms with Crippen molar-refractivity contribution in [2.75, 3.05) is 31.1 Å². The summed E-state index contributed by atoms with van der Waals surface area (Å²) in [7, 11) is 0. The van der Waals surface area contributed by atoms with Crippen molar-refractivity contribution in [2.45, 2.75) is 64.8 Å². The highest BCUT2D eigenvalue weighted by Gasteiger charge is 2.43. The van der Waals surface area contributed by atoms with Gasteiger partial charge in [-0.05, 0) is 55.1 Å². The van der Waals surface area contributed by atoms with Crippen LogP contribution in [0.25, 0.3) is 0 Å². The van der Waals surface area contributed by atoms with Crippen molar-refractivity contribution >= 4 is 23.3 Å². The molecule has 4 heterocycles. The molecular weight excluding hydrogens is 517 g/mol. The van der Waals surface area contributed by atoms with Gasteiger partial charge >= 0.3 is 6.01 Å². The zero-order chi connectivity index (χ0) is 26.9. The number of carbonyl (C=O) groups is 1. The number of amides is 1. The number of hydrogen-bond donors (Lipinski definition) is 0. The van der Waals surface area contributed by atoms with Crippen LogP contribution in [-0.2, 0) is 24.2 Å². The SMILES string of the molecule is CC(C)c1noc(N2CCC([C@H]3C[C@H]3CCOc3ccc(CC(=O)N4CCc5ncsc5C4)c(F)c3)CC2)n1. The van der Waals surface area contributed by atoms with Crippen LogP contribution in [0.15, 0.2) is 28.2 Å². The summed E-state index contributed by atoms with van der Waals surface area (Å²) < 4.78 is 26.2. The Kier molecular flexibility index (Phi) is 7.55. The number of rotatable bonds is 9. The zero-order valence-corrected chi connectivity index (χ0v) is 23.5. The van der Waals surface area contributed by atoms with E-state index in [2.05, 4.69) is 33.9 Å². The largest absolute Gasteiger partial charge is 0.493 e. The number of nitrogens with zero attached hydrogens (tertiary/aromatic N) is 5. The minimum atomic E-state index is -0.380.